The molecule has 0 radical (unpaired) electrons. The molecule has 2 aromatic carbocycles. The first-order valence-corrected chi connectivity index (χ1v) is 10.4. The quantitative estimate of drug-likeness (QED) is 0.828. The summed E-state index contributed by atoms with van der Waals surface area (Å²) in [6, 6.07) is 13.4. The molecule has 1 aliphatic heterocycles. The van der Waals surface area contributed by atoms with Crippen molar-refractivity contribution in [3.05, 3.63) is 59.1 Å². The molecule has 0 aromatic heterocycles. The number of hydrogen-bond donors (Lipinski definition) is 1. The largest absolute Gasteiger partial charge is 0.326 e. The van der Waals surface area contributed by atoms with E-state index in [9.17, 15) is 13.2 Å². The Balaban J connectivity index is 1.87. The van der Waals surface area contributed by atoms with Crippen LogP contribution in [0.5, 0.6) is 0 Å². The van der Waals surface area contributed by atoms with E-state index in [2.05, 4.69) is 5.32 Å². The number of halogens is 1. The normalized spacial score (nSPS) is 18.0. The minimum Gasteiger partial charge on any atom is -0.326 e. The Kier molecular flexibility index (Phi) is 5.65. The van der Waals surface area contributed by atoms with E-state index in [0.717, 1.165) is 18.4 Å². The average molecular weight is 393 g/mol. The number of rotatable bonds is 5. The Labute approximate surface area is 159 Å². The predicted molar refractivity (Wildman–Crippen MR) is 103 cm³/mol. The molecule has 1 atom stereocenters. The number of carbonyl (C=O) groups is 1. The van der Waals surface area contributed by atoms with E-state index in [1.54, 1.807) is 25.1 Å². The fraction of sp³-hybridized carbons (Fsp3) is 0.316. The van der Waals surface area contributed by atoms with Crippen LogP contribution in [0.3, 0.4) is 0 Å². The van der Waals surface area contributed by atoms with Gasteiger partial charge in [-0.05, 0) is 48.7 Å². The molecule has 1 heterocycles. The van der Waals surface area contributed by atoms with Crippen molar-refractivity contribution in [1.82, 2.24) is 4.31 Å². The van der Waals surface area contributed by atoms with Crippen LogP contribution >= 0.6 is 11.6 Å². The first-order valence-electron chi connectivity index (χ1n) is 8.59. The smallest absolute Gasteiger partial charge is 0.243 e. The van der Waals surface area contributed by atoms with Crippen LogP contribution in [0, 0.1) is 0 Å². The molecular formula is C19H21ClN2O3S. The SMILES string of the molecule is CCC(=O)Nc1ccc(S(=O)(=O)N2CCCC2c2ccccc2Cl)cc1. The summed E-state index contributed by atoms with van der Waals surface area (Å²) in [4.78, 5) is 11.7. The van der Waals surface area contributed by atoms with Gasteiger partial charge in [0.2, 0.25) is 15.9 Å². The van der Waals surface area contributed by atoms with Gasteiger partial charge in [0, 0.05) is 23.7 Å². The van der Waals surface area contributed by atoms with Crippen LogP contribution in [0.15, 0.2) is 53.4 Å². The monoisotopic (exact) mass is 392 g/mol. The fourth-order valence-electron chi connectivity index (χ4n) is 3.18. The highest BCUT2D eigenvalue weighted by Gasteiger charge is 2.36. The maximum Gasteiger partial charge on any atom is 0.243 e. The van der Waals surface area contributed by atoms with Crippen LogP contribution in [-0.2, 0) is 14.8 Å². The Morgan fingerprint density at radius 3 is 2.54 bits per heavy atom. The number of amides is 1. The van der Waals surface area contributed by atoms with Crippen molar-refractivity contribution in [2.24, 2.45) is 0 Å². The minimum atomic E-state index is -3.64. The number of nitrogens with zero attached hydrogens (tertiary/aromatic N) is 1. The first kappa shape index (κ1) is 18.9. The molecule has 1 fully saturated rings. The Morgan fingerprint density at radius 1 is 1.19 bits per heavy atom. The molecule has 1 unspecified atom stereocenters. The molecule has 3 rings (SSSR count). The molecule has 138 valence electrons. The zero-order valence-corrected chi connectivity index (χ0v) is 16.1. The zero-order valence-electron chi connectivity index (χ0n) is 14.5. The van der Waals surface area contributed by atoms with Gasteiger partial charge in [0.1, 0.15) is 0 Å². The number of nitrogens with one attached hydrogen (secondary N) is 1. The van der Waals surface area contributed by atoms with Gasteiger partial charge in [-0.3, -0.25) is 4.79 Å². The van der Waals surface area contributed by atoms with Gasteiger partial charge >= 0.3 is 0 Å². The molecule has 1 N–H and O–H groups in total. The van der Waals surface area contributed by atoms with Gasteiger partial charge in [0.25, 0.3) is 0 Å². The van der Waals surface area contributed by atoms with Crippen LogP contribution in [-0.4, -0.2) is 25.2 Å². The van der Waals surface area contributed by atoms with Gasteiger partial charge in [-0.25, -0.2) is 8.42 Å². The van der Waals surface area contributed by atoms with E-state index in [0.29, 0.717) is 23.7 Å². The summed E-state index contributed by atoms with van der Waals surface area (Å²) in [5, 5.41) is 3.30. The van der Waals surface area contributed by atoms with E-state index in [4.69, 9.17) is 11.6 Å². The van der Waals surface area contributed by atoms with E-state index in [1.165, 1.54) is 16.4 Å². The average Bonchev–Trinajstić information content (AvgIpc) is 3.13. The lowest BCUT2D eigenvalue weighted by atomic mass is 10.1. The summed E-state index contributed by atoms with van der Waals surface area (Å²) in [7, 11) is -3.64. The van der Waals surface area contributed by atoms with E-state index in [-0.39, 0.29) is 16.8 Å². The molecule has 7 heteroatoms. The number of anilines is 1. The van der Waals surface area contributed by atoms with Crippen LogP contribution < -0.4 is 5.32 Å². The summed E-state index contributed by atoms with van der Waals surface area (Å²) >= 11 is 6.29. The molecule has 1 aliphatic rings. The van der Waals surface area contributed by atoms with Gasteiger partial charge < -0.3 is 5.32 Å². The lowest BCUT2D eigenvalue weighted by Gasteiger charge is -2.25. The van der Waals surface area contributed by atoms with Gasteiger partial charge in [-0.2, -0.15) is 4.31 Å². The van der Waals surface area contributed by atoms with Gasteiger partial charge in [-0.15, -0.1) is 0 Å². The van der Waals surface area contributed by atoms with Crippen LogP contribution in [0.2, 0.25) is 5.02 Å². The number of carbonyl (C=O) groups excluding carboxylic acids is 1. The van der Waals surface area contributed by atoms with E-state index in [1.807, 2.05) is 18.2 Å². The number of hydrogen-bond acceptors (Lipinski definition) is 3. The Hall–Kier alpha value is -1.89. The van der Waals surface area contributed by atoms with E-state index >= 15 is 0 Å². The van der Waals surface area contributed by atoms with E-state index < -0.39 is 10.0 Å². The standard InChI is InChI=1S/C19H21ClN2O3S/c1-2-19(23)21-14-9-11-15(12-10-14)26(24,25)22-13-5-8-18(22)16-6-3-4-7-17(16)20/h3-4,6-7,9-12,18H,2,5,8,13H2,1H3,(H,21,23). The van der Waals surface area contributed by atoms with Crippen molar-refractivity contribution in [2.75, 3.05) is 11.9 Å². The van der Waals surface area contributed by atoms with Crippen molar-refractivity contribution >= 4 is 33.2 Å². The molecule has 0 aliphatic carbocycles. The number of benzene rings is 2. The lowest BCUT2D eigenvalue weighted by Crippen LogP contribution is -2.30. The first-order chi connectivity index (χ1) is 12.4. The molecule has 5 nitrogen and oxygen atoms in total. The molecule has 26 heavy (non-hydrogen) atoms. The topological polar surface area (TPSA) is 66.5 Å². The van der Waals surface area contributed by atoms with Gasteiger partial charge in [0.15, 0.2) is 0 Å². The van der Waals surface area contributed by atoms with Crippen LogP contribution in [0.4, 0.5) is 5.69 Å². The fourth-order valence-corrected chi connectivity index (χ4v) is 5.11. The molecule has 0 spiro atoms. The predicted octanol–water partition coefficient (Wildman–Crippen LogP) is 4.21. The van der Waals surface area contributed by atoms with Crippen molar-refractivity contribution < 1.29 is 13.2 Å². The Bertz CT molecular complexity index is 897. The maximum atomic E-state index is 13.1. The van der Waals surface area contributed by atoms with Crippen molar-refractivity contribution in [2.45, 2.75) is 37.1 Å². The summed E-state index contributed by atoms with van der Waals surface area (Å²) in [6.07, 6.45) is 1.90. The molecular weight excluding hydrogens is 372 g/mol. The second-order valence-corrected chi connectivity index (χ2v) is 8.52. The summed E-state index contributed by atoms with van der Waals surface area (Å²) in [5.74, 6) is -0.112. The minimum absolute atomic E-state index is 0.112. The van der Waals surface area contributed by atoms with Crippen molar-refractivity contribution in [1.29, 1.82) is 0 Å². The maximum absolute atomic E-state index is 13.1. The third-order valence-corrected chi connectivity index (χ3v) is 6.80. The molecule has 0 bridgehead atoms. The van der Waals surface area contributed by atoms with Gasteiger partial charge in [0.05, 0.1) is 10.9 Å². The molecule has 0 saturated carbocycles. The Morgan fingerprint density at radius 2 is 1.88 bits per heavy atom. The second-order valence-electron chi connectivity index (χ2n) is 6.22. The number of sulfonamides is 1. The van der Waals surface area contributed by atoms with Crippen LogP contribution in [0.25, 0.3) is 0 Å². The van der Waals surface area contributed by atoms with Crippen molar-refractivity contribution in [3.8, 4) is 0 Å². The highest BCUT2D eigenvalue weighted by atomic mass is 35.5. The summed E-state index contributed by atoms with van der Waals surface area (Å²) in [6.45, 7) is 2.23. The summed E-state index contributed by atoms with van der Waals surface area (Å²) < 4.78 is 27.8. The lowest BCUT2D eigenvalue weighted by molar-refractivity contribution is -0.115. The molecule has 1 saturated heterocycles. The van der Waals surface area contributed by atoms with Crippen LogP contribution in [0.1, 0.15) is 37.8 Å². The highest BCUT2D eigenvalue weighted by molar-refractivity contribution is 7.89. The van der Waals surface area contributed by atoms with Crippen molar-refractivity contribution in [3.63, 3.8) is 0 Å². The third kappa shape index (κ3) is 3.77. The zero-order chi connectivity index (χ0) is 18.7. The third-order valence-electron chi connectivity index (χ3n) is 4.53. The van der Waals surface area contributed by atoms with Gasteiger partial charge in [-0.1, -0.05) is 36.7 Å². The second kappa shape index (κ2) is 7.78. The molecule has 1 amide bonds. The highest BCUT2D eigenvalue weighted by Crippen LogP contribution is 2.39. The molecule has 2 aromatic rings. The summed E-state index contributed by atoms with van der Waals surface area (Å²) in [5.41, 5.74) is 1.42.